The Hall–Kier alpha value is -2.29. The average Bonchev–Trinajstić information content (AvgIpc) is 2.72. The molecule has 0 amide bonds. The molecule has 0 bridgehead atoms. The third kappa shape index (κ3) is 6.35. The van der Waals surface area contributed by atoms with Crippen molar-refractivity contribution >= 4 is 11.6 Å². The number of quaternary nitrogens is 1. The van der Waals surface area contributed by atoms with Crippen LogP contribution in [0.2, 0.25) is 5.02 Å². The van der Waals surface area contributed by atoms with Gasteiger partial charge in [-0.15, -0.1) is 0 Å². The molecule has 29 heavy (non-hydrogen) atoms. The van der Waals surface area contributed by atoms with Crippen LogP contribution in [0, 0.1) is 0 Å². The van der Waals surface area contributed by atoms with Gasteiger partial charge >= 0.3 is 0 Å². The molecular weight excluding hydrogens is 378 g/mol. The van der Waals surface area contributed by atoms with Crippen molar-refractivity contribution in [2.24, 2.45) is 0 Å². The van der Waals surface area contributed by atoms with Crippen LogP contribution in [-0.2, 0) is 0 Å². The molecule has 0 saturated heterocycles. The molecule has 3 aromatic carbocycles. The van der Waals surface area contributed by atoms with Gasteiger partial charge in [0.1, 0.15) is 11.8 Å². The summed E-state index contributed by atoms with van der Waals surface area (Å²) in [6.45, 7) is 7.41. The van der Waals surface area contributed by atoms with Gasteiger partial charge < -0.3 is 10.1 Å². The molecule has 2 N–H and O–H groups in total. The van der Waals surface area contributed by atoms with Gasteiger partial charge in [-0.05, 0) is 56.2 Å². The van der Waals surface area contributed by atoms with Crippen LogP contribution < -0.4 is 10.1 Å². The van der Waals surface area contributed by atoms with Gasteiger partial charge in [-0.1, -0.05) is 66.2 Å². The summed E-state index contributed by atoms with van der Waals surface area (Å²) in [5.41, 5.74) is 4.00. The first kappa shape index (κ1) is 21.4. The lowest BCUT2D eigenvalue weighted by Gasteiger charge is -2.20. The van der Waals surface area contributed by atoms with Crippen molar-refractivity contribution in [1.29, 1.82) is 0 Å². The summed E-state index contributed by atoms with van der Waals surface area (Å²) in [6, 6.07) is 27.9. The summed E-state index contributed by atoms with van der Waals surface area (Å²) in [6.07, 6.45) is 1.27. The number of hydrogen-bond acceptors (Lipinski definition) is 1. The summed E-state index contributed by atoms with van der Waals surface area (Å²) in [4.78, 5) is 0. The van der Waals surface area contributed by atoms with Crippen LogP contribution in [0.5, 0.6) is 5.75 Å². The van der Waals surface area contributed by atoms with E-state index in [2.05, 4.69) is 92.8 Å². The van der Waals surface area contributed by atoms with Crippen molar-refractivity contribution < 1.29 is 10.1 Å². The fourth-order valence-electron chi connectivity index (χ4n) is 3.68. The molecule has 3 rings (SSSR count). The van der Waals surface area contributed by atoms with Gasteiger partial charge in [0.2, 0.25) is 0 Å². The van der Waals surface area contributed by atoms with Crippen LogP contribution in [0.25, 0.3) is 0 Å². The minimum absolute atomic E-state index is 0.190. The molecule has 0 aromatic heterocycles. The van der Waals surface area contributed by atoms with Crippen LogP contribution in [0.3, 0.4) is 0 Å². The first-order valence-electron chi connectivity index (χ1n) is 10.4. The second kappa shape index (κ2) is 10.5. The van der Waals surface area contributed by atoms with E-state index >= 15 is 0 Å². The van der Waals surface area contributed by atoms with E-state index in [1.165, 1.54) is 16.7 Å². The lowest BCUT2D eigenvalue weighted by Crippen LogP contribution is -2.84. The molecule has 0 aliphatic rings. The summed E-state index contributed by atoms with van der Waals surface area (Å²) in [5, 5.41) is 3.20. The molecule has 0 aliphatic carbocycles. The molecular formula is C26H31ClNO+. The summed E-state index contributed by atoms with van der Waals surface area (Å²) < 4.78 is 5.81. The predicted octanol–water partition coefficient (Wildman–Crippen LogP) is 5.97. The topological polar surface area (TPSA) is 25.8 Å². The smallest absolute Gasteiger partial charge is 0.119 e. The number of hydrogen-bond donors (Lipinski definition) is 1. The van der Waals surface area contributed by atoms with Gasteiger partial charge in [0, 0.05) is 22.9 Å². The zero-order valence-electron chi connectivity index (χ0n) is 17.5. The third-order valence-electron chi connectivity index (χ3n) is 5.23. The maximum Gasteiger partial charge on any atom is 0.119 e. The molecule has 2 atom stereocenters. The largest absolute Gasteiger partial charge is 0.491 e. The minimum Gasteiger partial charge on any atom is -0.491 e. The molecule has 0 unspecified atom stereocenters. The maximum atomic E-state index is 6.02. The van der Waals surface area contributed by atoms with Crippen LogP contribution >= 0.6 is 11.6 Å². The van der Waals surface area contributed by atoms with Crippen LogP contribution in [-0.4, -0.2) is 12.6 Å². The molecule has 0 heterocycles. The molecule has 0 saturated carbocycles. The van der Waals surface area contributed by atoms with Crippen molar-refractivity contribution in [2.75, 3.05) is 6.54 Å². The fraction of sp³-hybridized carbons (Fsp3) is 0.308. The maximum absolute atomic E-state index is 6.02. The Morgan fingerprint density at radius 3 is 1.97 bits per heavy atom. The quantitative estimate of drug-likeness (QED) is 0.463. The highest BCUT2D eigenvalue weighted by Gasteiger charge is 2.16. The number of benzene rings is 3. The Labute approximate surface area is 179 Å². The van der Waals surface area contributed by atoms with Crippen LogP contribution in [0.4, 0.5) is 0 Å². The lowest BCUT2D eigenvalue weighted by molar-refractivity contribution is -0.693. The fourth-order valence-corrected chi connectivity index (χ4v) is 3.80. The van der Waals surface area contributed by atoms with E-state index in [0.29, 0.717) is 12.0 Å². The molecule has 0 fully saturated rings. The molecule has 0 aliphatic heterocycles. The Morgan fingerprint density at radius 2 is 1.34 bits per heavy atom. The van der Waals surface area contributed by atoms with Crippen molar-refractivity contribution in [3.63, 3.8) is 0 Å². The molecule has 0 radical (unpaired) electrons. The predicted molar refractivity (Wildman–Crippen MR) is 122 cm³/mol. The lowest BCUT2D eigenvalue weighted by atomic mass is 9.88. The normalized spacial score (nSPS) is 13.3. The van der Waals surface area contributed by atoms with Crippen LogP contribution in [0.1, 0.15) is 55.8 Å². The highest BCUT2D eigenvalue weighted by Crippen LogP contribution is 2.29. The van der Waals surface area contributed by atoms with Crippen molar-refractivity contribution in [1.82, 2.24) is 0 Å². The Balaban J connectivity index is 1.68. The summed E-state index contributed by atoms with van der Waals surface area (Å²) in [7, 11) is 0. The van der Waals surface area contributed by atoms with Gasteiger partial charge in [-0.25, -0.2) is 0 Å². The standard InChI is InChI=1S/C26H30ClNO/c1-19(2)29-25-15-11-23(12-16-25)26(22-7-5-4-6-8-22)17-18-28-20(3)21-9-13-24(27)14-10-21/h4-16,19-20,26,28H,17-18H2,1-3H3/p+1/t20-,26-/m0/s1. The molecule has 0 spiro atoms. The van der Waals surface area contributed by atoms with Gasteiger partial charge in [0.25, 0.3) is 0 Å². The van der Waals surface area contributed by atoms with E-state index in [0.717, 1.165) is 23.7 Å². The van der Waals surface area contributed by atoms with E-state index in [4.69, 9.17) is 16.3 Å². The molecule has 3 heteroatoms. The molecule has 3 aromatic rings. The average molecular weight is 409 g/mol. The number of rotatable bonds is 9. The Kier molecular flexibility index (Phi) is 7.74. The van der Waals surface area contributed by atoms with Gasteiger partial charge in [-0.3, -0.25) is 0 Å². The van der Waals surface area contributed by atoms with E-state index in [-0.39, 0.29) is 6.10 Å². The van der Waals surface area contributed by atoms with E-state index in [1.54, 1.807) is 0 Å². The van der Waals surface area contributed by atoms with Gasteiger partial charge in [0.05, 0.1) is 12.6 Å². The highest BCUT2D eigenvalue weighted by atomic mass is 35.5. The first-order valence-corrected chi connectivity index (χ1v) is 10.8. The first-order chi connectivity index (χ1) is 14.0. The van der Waals surface area contributed by atoms with E-state index < -0.39 is 0 Å². The van der Waals surface area contributed by atoms with E-state index in [1.807, 2.05) is 12.1 Å². The number of halogens is 1. The van der Waals surface area contributed by atoms with Crippen molar-refractivity contribution in [2.45, 2.75) is 45.3 Å². The van der Waals surface area contributed by atoms with Crippen LogP contribution in [0.15, 0.2) is 78.9 Å². The van der Waals surface area contributed by atoms with Gasteiger partial charge in [0.15, 0.2) is 0 Å². The zero-order chi connectivity index (χ0) is 20.6. The highest BCUT2D eigenvalue weighted by molar-refractivity contribution is 6.30. The second-order valence-corrected chi connectivity index (χ2v) is 8.29. The minimum atomic E-state index is 0.190. The molecule has 2 nitrogen and oxygen atoms in total. The summed E-state index contributed by atoms with van der Waals surface area (Å²) >= 11 is 6.02. The molecule has 152 valence electrons. The van der Waals surface area contributed by atoms with E-state index in [9.17, 15) is 0 Å². The second-order valence-electron chi connectivity index (χ2n) is 7.85. The Bertz CT molecular complexity index is 859. The monoisotopic (exact) mass is 408 g/mol. The van der Waals surface area contributed by atoms with Crippen molar-refractivity contribution in [3.8, 4) is 5.75 Å². The number of nitrogens with two attached hydrogens (primary N) is 1. The zero-order valence-corrected chi connectivity index (χ0v) is 18.3. The van der Waals surface area contributed by atoms with Gasteiger partial charge in [-0.2, -0.15) is 0 Å². The Morgan fingerprint density at radius 1 is 0.759 bits per heavy atom. The third-order valence-corrected chi connectivity index (χ3v) is 5.48. The number of ether oxygens (including phenoxy) is 1. The summed E-state index contributed by atoms with van der Waals surface area (Å²) in [5.74, 6) is 1.30. The van der Waals surface area contributed by atoms with Crippen molar-refractivity contribution in [3.05, 3.63) is 101 Å². The SMILES string of the molecule is CC(C)Oc1ccc([C@@H](CC[NH2+][C@@H](C)c2ccc(Cl)cc2)c2ccccc2)cc1.